The Labute approximate surface area is 256 Å². The van der Waals surface area contributed by atoms with Crippen LogP contribution in [0.15, 0.2) is 132 Å². The van der Waals surface area contributed by atoms with Gasteiger partial charge in [0.15, 0.2) is 12.6 Å². The molecule has 0 atom stereocenters. The van der Waals surface area contributed by atoms with Gasteiger partial charge in [-0.05, 0) is 83.3 Å². The van der Waals surface area contributed by atoms with Crippen LogP contribution in [0.1, 0.15) is 29.8 Å². The topological polar surface area (TPSA) is 125 Å². The molecule has 0 bridgehead atoms. The Morgan fingerprint density at radius 3 is 1.71 bits per heavy atom. The molecule has 4 aromatic heterocycles. The number of aldehydes is 2. The molecule has 0 saturated heterocycles. The Balaban J connectivity index is 0.000000245. The maximum atomic E-state index is 11.7. The van der Waals surface area contributed by atoms with Crippen molar-refractivity contribution in [2.45, 2.75) is 7.43 Å². The van der Waals surface area contributed by atoms with Gasteiger partial charge in [0.1, 0.15) is 12.0 Å². The van der Waals surface area contributed by atoms with Crippen LogP contribution in [0.2, 0.25) is 0 Å². The van der Waals surface area contributed by atoms with Crippen LogP contribution < -0.4 is 11.1 Å². The Morgan fingerprint density at radius 1 is 0.738 bits per heavy atom. The van der Waals surface area contributed by atoms with E-state index in [1.165, 1.54) is 18.6 Å². The summed E-state index contributed by atoms with van der Waals surface area (Å²) in [6.45, 7) is 0. The third kappa shape index (κ3) is 8.41. The fourth-order valence-corrected chi connectivity index (χ4v) is 3.90. The van der Waals surface area contributed by atoms with Gasteiger partial charge in [-0.15, -0.1) is 0 Å². The highest BCUT2D eigenvalue weighted by molar-refractivity contribution is 14.1. The second-order valence-electron chi connectivity index (χ2n) is 8.26. The van der Waals surface area contributed by atoms with Gasteiger partial charge in [-0.2, -0.15) is 0 Å². The van der Waals surface area contributed by atoms with Crippen LogP contribution in [0, 0.1) is 3.57 Å². The number of nitrogens with one attached hydrogen (secondary N) is 1. The number of benzene rings is 2. The van der Waals surface area contributed by atoms with Crippen LogP contribution in [0.4, 0.5) is 0 Å². The Kier molecular flexibility index (Phi) is 11.6. The molecule has 0 aliphatic heterocycles. The summed E-state index contributed by atoms with van der Waals surface area (Å²) in [6.07, 6.45) is 11.1. The van der Waals surface area contributed by atoms with E-state index < -0.39 is 0 Å². The molecule has 0 aliphatic rings. The molecule has 2 aromatic carbocycles. The van der Waals surface area contributed by atoms with Crippen molar-refractivity contribution in [3.05, 3.63) is 158 Å². The van der Waals surface area contributed by atoms with Crippen molar-refractivity contribution in [3.8, 4) is 17.1 Å². The van der Waals surface area contributed by atoms with Crippen LogP contribution in [0.5, 0.6) is 0 Å². The van der Waals surface area contributed by atoms with Crippen molar-refractivity contribution < 1.29 is 11.0 Å². The number of hydrogen-bond acceptors (Lipinski definition) is 6. The molecular formula is C31H29IN6O4. The number of hydrogen-bond donors (Lipinski definition) is 1. The number of halogens is 1. The number of carbonyl (C=O) groups excluding carboxylic acids is 2. The molecule has 214 valence electrons. The van der Waals surface area contributed by atoms with Gasteiger partial charge < -0.3 is 9.55 Å². The number of nitrogens with zero attached hydrogens (tertiary/aromatic N) is 5. The zero-order valence-corrected chi connectivity index (χ0v) is 23.6. The summed E-state index contributed by atoms with van der Waals surface area (Å²) in [6, 6.07) is 25.4. The maximum absolute atomic E-state index is 11.7. The van der Waals surface area contributed by atoms with E-state index in [2.05, 4.69) is 37.5 Å². The first-order valence-electron chi connectivity index (χ1n) is 12.1. The minimum absolute atomic E-state index is 0. The average Bonchev–Trinajstić information content (AvgIpc) is 3.72. The summed E-state index contributed by atoms with van der Waals surface area (Å²) >= 11 is 2.24. The summed E-state index contributed by atoms with van der Waals surface area (Å²) in [5, 5.41) is 0. The van der Waals surface area contributed by atoms with Gasteiger partial charge in [-0.25, -0.2) is 9.97 Å². The molecule has 6 rings (SSSR count). The molecule has 42 heavy (non-hydrogen) atoms. The Hall–Kier alpha value is -5.17. The molecule has 0 fully saturated rings. The molecule has 0 amide bonds. The van der Waals surface area contributed by atoms with Gasteiger partial charge >= 0.3 is 0 Å². The second kappa shape index (κ2) is 15.6. The standard InChI is InChI=1S/C15H11N3O2.C11H8INO.C4H4N2O.CH4.H2/c19-10-12-9-17(11-16-12)13-4-6-14(7-5-13)18-8-2-1-3-15(18)20;12-9-4-6-10(7-5-9)13-8-2-1-3-11(13)14;7-2-4-1-5-3-6-4;;/h1-11H;1-8H;1-3H,(H,5,6);1H4;1H/i;;;;1+1. The summed E-state index contributed by atoms with van der Waals surface area (Å²) in [7, 11) is 0. The highest BCUT2D eigenvalue weighted by Crippen LogP contribution is 2.12. The van der Waals surface area contributed by atoms with Crippen molar-refractivity contribution in [1.29, 1.82) is 0 Å². The van der Waals surface area contributed by atoms with Gasteiger partial charge in [-0.3, -0.25) is 28.3 Å². The summed E-state index contributed by atoms with van der Waals surface area (Å²) < 4.78 is 6.10. The number of rotatable bonds is 5. The molecule has 1 N–H and O–H groups in total. The van der Waals surface area contributed by atoms with Gasteiger partial charge in [0.25, 0.3) is 11.1 Å². The highest BCUT2D eigenvalue weighted by Gasteiger charge is 2.02. The summed E-state index contributed by atoms with van der Waals surface area (Å²) in [5.41, 5.74) is 3.37. The molecule has 0 saturated carbocycles. The lowest BCUT2D eigenvalue weighted by atomic mass is 10.2. The largest absolute Gasteiger partial charge is 0.342 e. The molecule has 0 radical (unpaired) electrons. The van der Waals surface area contributed by atoms with Crippen LogP contribution in [-0.2, 0) is 0 Å². The molecule has 0 unspecified atom stereocenters. The van der Waals surface area contributed by atoms with E-state index in [-0.39, 0.29) is 20.0 Å². The minimum Gasteiger partial charge on any atom is -0.342 e. The molecule has 6 aromatic rings. The zero-order valence-electron chi connectivity index (χ0n) is 21.4. The quantitative estimate of drug-likeness (QED) is 0.193. The molecule has 10 nitrogen and oxygen atoms in total. The lowest BCUT2D eigenvalue weighted by Gasteiger charge is -2.06. The number of aromatic amines is 1. The number of H-pyrrole nitrogens is 1. The van der Waals surface area contributed by atoms with Crippen molar-refractivity contribution in [3.63, 3.8) is 0 Å². The fourth-order valence-electron chi connectivity index (χ4n) is 3.54. The first kappa shape index (κ1) is 31.4. The first-order chi connectivity index (χ1) is 20.0. The number of aromatic nitrogens is 6. The summed E-state index contributed by atoms with van der Waals surface area (Å²) in [5.74, 6) is 0. The van der Waals surface area contributed by atoms with Gasteiger partial charge in [0, 0.05) is 52.8 Å². The van der Waals surface area contributed by atoms with E-state index in [0.717, 1.165) is 20.6 Å². The summed E-state index contributed by atoms with van der Waals surface area (Å²) in [4.78, 5) is 53.8. The van der Waals surface area contributed by atoms with Gasteiger partial charge in [0.05, 0.1) is 18.2 Å². The van der Waals surface area contributed by atoms with Crippen LogP contribution in [0.3, 0.4) is 0 Å². The number of pyridine rings is 2. The average molecular weight is 678 g/mol. The van der Waals surface area contributed by atoms with Gasteiger partial charge in [0.2, 0.25) is 0 Å². The van der Waals surface area contributed by atoms with Crippen molar-refractivity contribution >= 4 is 35.2 Å². The van der Waals surface area contributed by atoms with E-state index in [4.69, 9.17) is 0 Å². The smallest absolute Gasteiger partial charge is 0.255 e. The van der Waals surface area contributed by atoms with Crippen LogP contribution >= 0.6 is 22.6 Å². The minimum atomic E-state index is -0.0777. The SMILES string of the molecule is C.O=Cc1cn(-c2ccc(-n3ccccc3=O)cc2)cn1.O=Cc1cnc[nH]1.O=c1ccccn1-c1ccc(I)cc1.[2HH]. The molecule has 0 aliphatic carbocycles. The van der Waals surface area contributed by atoms with E-state index in [1.807, 2.05) is 60.7 Å². The predicted octanol–water partition coefficient (Wildman–Crippen LogP) is 5.38. The van der Waals surface area contributed by atoms with E-state index >= 15 is 0 Å². The third-order valence-electron chi connectivity index (χ3n) is 5.55. The first-order valence-corrected chi connectivity index (χ1v) is 13.2. The molecular weight excluding hydrogens is 647 g/mol. The maximum Gasteiger partial charge on any atom is 0.255 e. The zero-order chi connectivity index (χ0) is 29.0. The van der Waals surface area contributed by atoms with E-state index in [0.29, 0.717) is 24.0 Å². The van der Waals surface area contributed by atoms with Crippen LogP contribution in [0.25, 0.3) is 17.1 Å². The molecule has 11 heteroatoms. The normalized spacial score (nSPS) is 9.74. The fraction of sp³-hybridized carbons (Fsp3) is 0.0323. The van der Waals surface area contributed by atoms with Crippen molar-refractivity contribution in [2.24, 2.45) is 0 Å². The third-order valence-corrected chi connectivity index (χ3v) is 6.26. The second-order valence-corrected chi connectivity index (χ2v) is 9.50. The number of imidazole rings is 2. The lowest BCUT2D eigenvalue weighted by molar-refractivity contribution is 0.111. The Morgan fingerprint density at radius 2 is 1.29 bits per heavy atom. The van der Waals surface area contributed by atoms with Gasteiger partial charge in [-0.1, -0.05) is 19.6 Å². The van der Waals surface area contributed by atoms with Crippen molar-refractivity contribution in [1.82, 2.24) is 28.7 Å². The van der Waals surface area contributed by atoms with E-state index in [9.17, 15) is 19.2 Å². The molecule has 0 spiro atoms. The molecule has 4 heterocycles. The lowest BCUT2D eigenvalue weighted by Crippen LogP contribution is -2.15. The monoisotopic (exact) mass is 677 g/mol. The van der Waals surface area contributed by atoms with Crippen molar-refractivity contribution in [2.75, 3.05) is 0 Å². The van der Waals surface area contributed by atoms with Crippen LogP contribution in [-0.4, -0.2) is 41.2 Å². The number of carbonyl (C=O) groups is 2. The van der Waals surface area contributed by atoms with E-state index in [1.54, 1.807) is 56.8 Å². The predicted molar refractivity (Wildman–Crippen MR) is 172 cm³/mol. The highest BCUT2D eigenvalue weighted by atomic mass is 127. The Bertz CT molecular complexity index is 1830.